The lowest BCUT2D eigenvalue weighted by atomic mass is 10.0. The van der Waals surface area contributed by atoms with Crippen LogP contribution in [0.2, 0.25) is 0 Å². The van der Waals surface area contributed by atoms with Crippen molar-refractivity contribution in [2.45, 2.75) is 0 Å². The van der Waals surface area contributed by atoms with Crippen LogP contribution in [0.15, 0.2) is 170 Å². The van der Waals surface area contributed by atoms with Gasteiger partial charge in [0.05, 0.1) is 35.8 Å². The molecule has 8 aromatic rings. The summed E-state index contributed by atoms with van der Waals surface area (Å²) in [6.45, 7) is 15.8. The molecule has 0 aliphatic rings. The number of nitriles is 1. The van der Waals surface area contributed by atoms with Gasteiger partial charge >= 0.3 is 0 Å². The fraction of sp³-hybridized carbons (Fsp3) is 0. The summed E-state index contributed by atoms with van der Waals surface area (Å²) in [7, 11) is -2.89. The Morgan fingerprint density at radius 2 is 1.06 bits per heavy atom. The predicted molar refractivity (Wildman–Crippen MR) is 207 cm³/mol. The van der Waals surface area contributed by atoms with Crippen LogP contribution < -0.4 is 20.7 Å². The van der Waals surface area contributed by atoms with Crippen LogP contribution in [-0.2, 0) is 0 Å². The van der Waals surface area contributed by atoms with Crippen LogP contribution in [0.25, 0.3) is 48.3 Å². The van der Waals surface area contributed by atoms with E-state index < -0.39 is 8.07 Å². The van der Waals surface area contributed by atoms with E-state index in [0.717, 1.165) is 38.6 Å². The Bertz CT molecular complexity index is 2510. The lowest BCUT2D eigenvalue weighted by Gasteiger charge is -2.36. The molecule has 0 fully saturated rings. The normalized spacial score (nSPS) is 11.1. The van der Waals surface area contributed by atoms with Crippen molar-refractivity contribution in [2.24, 2.45) is 0 Å². The number of rotatable bonds is 6. The summed E-state index contributed by atoms with van der Waals surface area (Å²) in [5.41, 5.74) is 6.30. The maximum absolute atomic E-state index is 9.73. The lowest BCUT2D eigenvalue weighted by Crippen LogP contribution is -2.75. The SMILES string of the molecule is [C-]#[N+]c1cc(-c2ccccc2[Si](c2ccccc2)(c2ccccc2)c2ccccc2)cc(-n2c3ccc(C#N)cc3c3cc([N+]#[C-])ccc32)c1. The Labute approximate surface area is 292 Å². The van der Waals surface area contributed by atoms with Crippen molar-refractivity contribution in [3.8, 4) is 22.9 Å². The second-order valence-electron chi connectivity index (χ2n) is 12.2. The average Bonchev–Trinajstić information content (AvgIpc) is 3.52. The highest BCUT2D eigenvalue weighted by molar-refractivity contribution is 7.20. The largest absolute Gasteiger partial charge is 0.311 e. The zero-order valence-electron chi connectivity index (χ0n) is 27.0. The van der Waals surface area contributed by atoms with Gasteiger partial charge in [-0.2, -0.15) is 5.26 Å². The van der Waals surface area contributed by atoms with E-state index >= 15 is 0 Å². The first-order valence-electron chi connectivity index (χ1n) is 16.3. The maximum Gasteiger partial charge on any atom is 0.189 e. The number of benzene rings is 7. The molecule has 1 heterocycles. The molecule has 0 saturated carbocycles. The molecule has 7 aromatic carbocycles. The van der Waals surface area contributed by atoms with Crippen molar-refractivity contribution in [3.05, 3.63) is 198 Å². The number of hydrogen-bond donors (Lipinski definition) is 0. The first kappa shape index (κ1) is 30.4. The molecular formula is C45H28N4Si. The zero-order chi connectivity index (χ0) is 34.1. The first-order valence-corrected chi connectivity index (χ1v) is 18.3. The van der Waals surface area contributed by atoms with E-state index in [1.54, 1.807) is 0 Å². The molecule has 0 aliphatic carbocycles. The smallest absolute Gasteiger partial charge is 0.189 e. The number of fused-ring (bicyclic) bond motifs is 3. The minimum atomic E-state index is -2.89. The fourth-order valence-electron chi connectivity index (χ4n) is 7.47. The van der Waals surface area contributed by atoms with Crippen LogP contribution in [0.5, 0.6) is 0 Å². The highest BCUT2D eigenvalue weighted by atomic mass is 28.3. The molecule has 0 N–H and O–H groups in total. The lowest BCUT2D eigenvalue weighted by molar-refractivity contribution is 1.18. The predicted octanol–water partition coefficient (Wildman–Crippen LogP) is 8.80. The van der Waals surface area contributed by atoms with Gasteiger partial charge in [0.1, 0.15) is 0 Å². The highest BCUT2D eigenvalue weighted by Crippen LogP contribution is 2.37. The van der Waals surface area contributed by atoms with Crippen molar-refractivity contribution in [1.82, 2.24) is 4.57 Å². The molecule has 0 unspecified atom stereocenters. The molecule has 0 saturated heterocycles. The first-order chi connectivity index (χ1) is 24.6. The molecule has 0 aliphatic heterocycles. The second kappa shape index (κ2) is 12.6. The monoisotopic (exact) mass is 652 g/mol. The summed E-state index contributed by atoms with van der Waals surface area (Å²) < 4.78 is 2.15. The van der Waals surface area contributed by atoms with Gasteiger partial charge in [-0.1, -0.05) is 121 Å². The van der Waals surface area contributed by atoms with Gasteiger partial charge in [-0.3, -0.25) is 0 Å². The summed E-state index contributed by atoms with van der Waals surface area (Å²) in [5, 5.41) is 16.6. The van der Waals surface area contributed by atoms with E-state index in [1.807, 2.05) is 48.5 Å². The Morgan fingerprint density at radius 1 is 0.520 bits per heavy atom. The minimum absolute atomic E-state index is 0.528. The van der Waals surface area contributed by atoms with E-state index in [1.165, 1.54) is 20.7 Å². The molecular weight excluding hydrogens is 625 g/mol. The fourth-order valence-corrected chi connectivity index (χ4v) is 12.5. The van der Waals surface area contributed by atoms with Crippen LogP contribution in [0.3, 0.4) is 0 Å². The number of nitrogens with zero attached hydrogens (tertiary/aromatic N) is 4. The zero-order valence-corrected chi connectivity index (χ0v) is 28.0. The van der Waals surface area contributed by atoms with E-state index in [9.17, 15) is 5.26 Å². The van der Waals surface area contributed by atoms with Crippen molar-refractivity contribution >= 4 is 62.0 Å². The topological polar surface area (TPSA) is 37.4 Å². The van der Waals surface area contributed by atoms with Gasteiger partial charge in [0.25, 0.3) is 0 Å². The van der Waals surface area contributed by atoms with Gasteiger partial charge < -0.3 is 4.57 Å². The Hall–Kier alpha value is -6.97. The Balaban J connectivity index is 1.45. The average molecular weight is 653 g/mol. The van der Waals surface area contributed by atoms with Crippen LogP contribution in [0, 0.1) is 24.5 Å². The molecule has 232 valence electrons. The summed E-state index contributed by atoms with van der Waals surface area (Å²) in [4.78, 5) is 7.65. The Morgan fingerprint density at radius 3 is 1.64 bits per heavy atom. The van der Waals surface area contributed by atoms with Crippen molar-refractivity contribution in [3.63, 3.8) is 0 Å². The van der Waals surface area contributed by atoms with E-state index in [2.05, 4.69) is 142 Å². The number of aromatic nitrogens is 1. The molecule has 4 nitrogen and oxygen atoms in total. The van der Waals surface area contributed by atoms with E-state index in [4.69, 9.17) is 13.1 Å². The van der Waals surface area contributed by atoms with Crippen molar-refractivity contribution < 1.29 is 0 Å². The van der Waals surface area contributed by atoms with Gasteiger partial charge in [-0.25, -0.2) is 9.69 Å². The standard InChI is InChI=1S/C45H28N4Si/c1-47-34-23-25-44-42(30-34)41-26-32(31-46)22-24-43(41)49(44)36-28-33(27-35(29-36)48-2)40-20-12-13-21-45(40)50(37-14-6-3-7-15-37,38-16-8-4-9-17-38)39-18-10-5-11-19-39/h3-30H. The highest BCUT2D eigenvalue weighted by Gasteiger charge is 2.42. The second-order valence-corrected chi connectivity index (χ2v) is 16.0. The molecule has 0 atom stereocenters. The van der Waals surface area contributed by atoms with Gasteiger partial charge in [0.2, 0.25) is 0 Å². The molecule has 0 bridgehead atoms. The molecule has 0 spiro atoms. The third-order valence-electron chi connectivity index (χ3n) is 9.56. The number of hydrogen-bond acceptors (Lipinski definition) is 1. The minimum Gasteiger partial charge on any atom is -0.311 e. The summed E-state index contributed by atoms with van der Waals surface area (Å²) in [5.74, 6) is 0. The van der Waals surface area contributed by atoms with Crippen molar-refractivity contribution in [2.75, 3.05) is 0 Å². The summed E-state index contributed by atoms with van der Waals surface area (Å²) in [6.07, 6.45) is 0. The van der Waals surface area contributed by atoms with Crippen LogP contribution in [0.1, 0.15) is 5.56 Å². The van der Waals surface area contributed by atoms with Gasteiger partial charge in [-0.05, 0) is 85.8 Å². The van der Waals surface area contributed by atoms with E-state index in [-0.39, 0.29) is 0 Å². The summed E-state index contributed by atoms with van der Waals surface area (Å²) >= 11 is 0. The van der Waals surface area contributed by atoms with Gasteiger partial charge in [0, 0.05) is 11.1 Å². The molecule has 0 amide bonds. The van der Waals surface area contributed by atoms with E-state index in [0.29, 0.717) is 16.9 Å². The van der Waals surface area contributed by atoms with Gasteiger partial charge in [-0.15, -0.1) is 0 Å². The van der Waals surface area contributed by atoms with Gasteiger partial charge in [0.15, 0.2) is 19.4 Å². The quantitative estimate of drug-likeness (QED) is 0.101. The Kier molecular flexibility index (Phi) is 7.63. The molecule has 5 heteroatoms. The van der Waals surface area contributed by atoms with Crippen LogP contribution >= 0.6 is 0 Å². The molecule has 1 aromatic heterocycles. The van der Waals surface area contributed by atoms with Crippen molar-refractivity contribution in [1.29, 1.82) is 5.26 Å². The summed E-state index contributed by atoms with van der Waals surface area (Å²) in [6, 6.07) is 60.9. The maximum atomic E-state index is 9.73. The molecule has 50 heavy (non-hydrogen) atoms. The molecule has 8 rings (SSSR count). The van der Waals surface area contributed by atoms with Crippen LogP contribution in [-0.4, -0.2) is 12.6 Å². The van der Waals surface area contributed by atoms with Crippen LogP contribution in [0.4, 0.5) is 11.4 Å². The molecule has 0 radical (unpaired) electrons. The third-order valence-corrected chi connectivity index (χ3v) is 14.4. The third kappa shape index (κ3) is 4.88.